The highest BCUT2D eigenvalue weighted by atomic mass is 35.5. The summed E-state index contributed by atoms with van der Waals surface area (Å²) in [5, 5.41) is 7.49. The highest BCUT2D eigenvalue weighted by molar-refractivity contribution is 6.30. The number of nitrogens with zero attached hydrogens (tertiary/aromatic N) is 1. The van der Waals surface area contributed by atoms with Crippen molar-refractivity contribution in [1.29, 1.82) is 0 Å². The second-order valence-electron chi connectivity index (χ2n) is 5.91. The Morgan fingerprint density at radius 3 is 2.83 bits per heavy atom. The van der Waals surface area contributed by atoms with E-state index in [1.807, 2.05) is 12.1 Å². The predicted octanol–water partition coefficient (Wildman–Crippen LogP) is 2.51. The first-order chi connectivity index (χ1) is 11.2. The van der Waals surface area contributed by atoms with E-state index in [1.54, 1.807) is 12.1 Å². The van der Waals surface area contributed by atoms with Gasteiger partial charge >= 0.3 is 0 Å². The molecule has 23 heavy (non-hydrogen) atoms. The number of ether oxygens (including phenoxy) is 1. The number of hydrogen-bond acceptors (Lipinski definition) is 5. The number of rotatable bonds is 1. The number of ketones is 1. The van der Waals surface area contributed by atoms with E-state index in [2.05, 4.69) is 15.5 Å². The Hall–Kier alpha value is -1.98. The SMILES string of the molecule is O=C1C=C2Oc3cc(Cl)ccc3NC(N3CCNCC3)=C2CC1. The predicted molar refractivity (Wildman–Crippen MR) is 89.5 cm³/mol. The van der Waals surface area contributed by atoms with E-state index >= 15 is 0 Å². The van der Waals surface area contributed by atoms with Gasteiger partial charge in [0.15, 0.2) is 11.5 Å². The molecule has 2 N–H and O–H groups in total. The minimum absolute atomic E-state index is 0.105. The third kappa shape index (κ3) is 2.82. The number of carbonyl (C=O) groups is 1. The molecule has 1 aromatic rings. The molecule has 1 aliphatic carbocycles. The number of halogens is 1. The zero-order valence-electron chi connectivity index (χ0n) is 12.7. The lowest BCUT2D eigenvalue weighted by molar-refractivity contribution is -0.114. The zero-order chi connectivity index (χ0) is 15.8. The maximum Gasteiger partial charge on any atom is 0.159 e. The Balaban J connectivity index is 1.81. The van der Waals surface area contributed by atoms with Crippen molar-refractivity contribution in [2.75, 3.05) is 31.5 Å². The molecule has 0 radical (unpaired) electrons. The van der Waals surface area contributed by atoms with Gasteiger partial charge < -0.3 is 20.3 Å². The average molecular weight is 332 g/mol. The molecule has 120 valence electrons. The van der Waals surface area contributed by atoms with E-state index < -0.39 is 0 Å². The number of piperazine rings is 1. The second-order valence-corrected chi connectivity index (χ2v) is 6.34. The summed E-state index contributed by atoms with van der Waals surface area (Å²) in [4.78, 5) is 14.2. The number of hydrogen-bond donors (Lipinski definition) is 2. The summed E-state index contributed by atoms with van der Waals surface area (Å²) in [6.07, 6.45) is 2.83. The summed E-state index contributed by atoms with van der Waals surface area (Å²) in [5.41, 5.74) is 1.94. The molecule has 0 spiro atoms. The third-order valence-corrected chi connectivity index (χ3v) is 4.58. The molecular weight excluding hydrogens is 314 g/mol. The van der Waals surface area contributed by atoms with Gasteiger partial charge in [-0.3, -0.25) is 4.79 Å². The maximum absolute atomic E-state index is 11.8. The molecular formula is C17H18ClN3O2. The number of nitrogens with one attached hydrogen (secondary N) is 2. The fourth-order valence-corrected chi connectivity index (χ4v) is 3.33. The topological polar surface area (TPSA) is 53.6 Å². The molecule has 5 nitrogen and oxygen atoms in total. The Morgan fingerprint density at radius 1 is 1.17 bits per heavy atom. The van der Waals surface area contributed by atoms with Crippen LogP contribution < -0.4 is 15.4 Å². The third-order valence-electron chi connectivity index (χ3n) is 4.35. The fourth-order valence-electron chi connectivity index (χ4n) is 3.17. The Kier molecular flexibility index (Phi) is 3.75. The van der Waals surface area contributed by atoms with Crippen molar-refractivity contribution in [2.45, 2.75) is 12.8 Å². The second kappa shape index (κ2) is 5.91. The lowest BCUT2D eigenvalue weighted by atomic mass is 9.98. The molecule has 0 bridgehead atoms. The van der Waals surface area contributed by atoms with E-state index in [0.29, 0.717) is 29.4 Å². The van der Waals surface area contributed by atoms with Crippen molar-refractivity contribution >= 4 is 23.1 Å². The molecule has 0 atom stereocenters. The van der Waals surface area contributed by atoms with Gasteiger partial charge in [0.05, 0.1) is 5.69 Å². The molecule has 0 aromatic heterocycles. The molecule has 1 aromatic carbocycles. The van der Waals surface area contributed by atoms with Crippen LogP contribution in [-0.2, 0) is 4.79 Å². The van der Waals surface area contributed by atoms with Gasteiger partial charge in [0.2, 0.25) is 0 Å². The van der Waals surface area contributed by atoms with Crippen LogP contribution in [0, 0.1) is 0 Å². The molecule has 0 unspecified atom stereocenters. The van der Waals surface area contributed by atoms with Crippen LogP contribution in [0.1, 0.15) is 12.8 Å². The van der Waals surface area contributed by atoms with Gasteiger partial charge in [-0.1, -0.05) is 11.6 Å². The van der Waals surface area contributed by atoms with Gasteiger partial charge in [-0.2, -0.15) is 0 Å². The summed E-state index contributed by atoms with van der Waals surface area (Å²) in [5.74, 6) is 2.45. The van der Waals surface area contributed by atoms with E-state index in [4.69, 9.17) is 16.3 Å². The van der Waals surface area contributed by atoms with Gasteiger partial charge in [-0.25, -0.2) is 0 Å². The maximum atomic E-state index is 11.8. The van der Waals surface area contributed by atoms with Crippen LogP contribution in [0.2, 0.25) is 5.02 Å². The van der Waals surface area contributed by atoms with Crippen molar-refractivity contribution in [2.24, 2.45) is 0 Å². The van der Waals surface area contributed by atoms with E-state index in [-0.39, 0.29) is 5.78 Å². The summed E-state index contributed by atoms with van der Waals surface area (Å²) >= 11 is 6.09. The zero-order valence-corrected chi connectivity index (χ0v) is 13.4. The van der Waals surface area contributed by atoms with Crippen LogP contribution in [0.3, 0.4) is 0 Å². The molecule has 1 saturated heterocycles. The molecule has 2 heterocycles. The van der Waals surface area contributed by atoms with Crippen molar-refractivity contribution in [1.82, 2.24) is 10.2 Å². The smallest absolute Gasteiger partial charge is 0.159 e. The Labute approximate surface area is 139 Å². The number of allylic oxidation sites excluding steroid dienone is 2. The molecule has 1 fully saturated rings. The van der Waals surface area contributed by atoms with Crippen molar-refractivity contribution in [3.05, 3.63) is 46.5 Å². The van der Waals surface area contributed by atoms with Crippen LogP contribution in [0.15, 0.2) is 41.4 Å². The Morgan fingerprint density at radius 2 is 2.00 bits per heavy atom. The first-order valence-corrected chi connectivity index (χ1v) is 8.26. The molecule has 3 aliphatic rings. The number of anilines is 1. The van der Waals surface area contributed by atoms with E-state index in [9.17, 15) is 4.79 Å². The van der Waals surface area contributed by atoms with Crippen LogP contribution in [0.5, 0.6) is 5.75 Å². The van der Waals surface area contributed by atoms with E-state index in [0.717, 1.165) is 43.3 Å². The number of carbonyl (C=O) groups excluding carboxylic acids is 1. The first kappa shape index (κ1) is 14.6. The molecule has 0 saturated carbocycles. The lowest BCUT2D eigenvalue weighted by Gasteiger charge is -2.33. The van der Waals surface area contributed by atoms with Crippen molar-refractivity contribution in [3.8, 4) is 5.75 Å². The first-order valence-electron chi connectivity index (χ1n) is 7.89. The van der Waals surface area contributed by atoms with Crippen molar-refractivity contribution in [3.63, 3.8) is 0 Å². The molecule has 0 amide bonds. The number of benzene rings is 1. The van der Waals surface area contributed by atoms with Gasteiger partial charge in [-0.15, -0.1) is 0 Å². The van der Waals surface area contributed by atoms with Crippen LogP contribution in [0.25, 0.3) is 0 Å². The fraction of sp³-hybridized carbons (Fsp3) is 0.353. The number of fused-ring (bicyclic) bond motifs is 2. The minimum Gasteiger partial charge on any atom is -0.455 e. The summed E-state index contributed by atoms with van der Waals surface area (Å²) in [6, 6.07) is 5.54. The Bertz CT molecular complexity index is 721. The quantitative estimate of drug-likeness (QED) is 0.828. The largest absolute Gasteiger partial charge is 0.455 e. The monoisotopic (exact) mass is 331 g/mol. The van der Waals surface area contributed by atoms with E-state index in [1.165, 1.54) is 0 Å². The van der Waals surface area contributed by atoms with Gasteiger partial charge in [0.1, 0.15) is 11.6 Å². The highest BCUT2D eigenvalue weighted by Crippen LogP contribution is 2.39. The lowest BCUT2D eigenvalue weighted by Crippen LogP contribution is -2.44. The van der Waals surface area contributed by atoms with Crippen LogP contribution >= 0.6 is 11.6 Å². The molecule has 4 rings (SSSR count). The summed E-state index contributed by atoms with van der Waals surface area (Å²) < 4.78 is 6.03. The molecule has 6 heteroatoms. The summed E-state index contributed by atoms with van der Waals surface area (Å²) in [7, 11) is 0. The standard InChI is InChI=1S/C17H18ClN3O2/c18-11-1-4-14-16(9-11)23-15-10-12(22)2-3-13(15)17(20-14)21-7-5-19-6-8-21/h1,4,9-10,19-20H,2-3,5-8H2. The highest BCUT2D eigenvalue weighted by Gasteiger charge is 2.28. The average Bonchev–Trinajstić information content (AvgIpc) is 2.71. The van der Waals surface area contributed by atoms with Crippen LogP contribution in [-0.4, -0.2) is 36.9 Å². The van der Waals surface area contributed by atoms with Gasteiger partial charge in [-0.05, 0) is 18.6 Å². The minimum atomic E-state index is 0.105. The van der Waals surface area contributed by atoms with Crippen molar-refractivity contribution < 1.29 is 9.53 Å². The summed E-state index contributed by atoms with van der Waals surface area (Å²) in [6.45, 7) is 3.75. The molecule has 2 aliphatic heterocycles. The van der Waals surface area contributed by atoms with Gasteiger partial charge in [0, 0.05) is 55.3 Å². The normalized spacial score (nSPS) is 20.8. The van der Waals surface area contributed by atoms with Crippen LogP contribution in [0.4, 0.5) is 5.69 Å². The van der Waals surface area contributed by atoms with Gasteiger partial charge in [0.25, 0.3) is 0 Å².